The van der Waals surface area contributed by atoms with E-state index < -0.39 is 11.7 Å². The number of hydrogen-bond acceptors (Lipinski definition) is 5. The van der Waals surface area contributed by atoms with E-state index >= 15 is 0 Å². The van der Waals surface area contributed by atoms with E-state index in [0.717, 1.165) is 0 Å². The van der Waals surface area contributed by atoms with E-state index in [0.29, 0.717) is 19.8 Å². The highest BCUT2D eigenvalue weighted by Crippen LogP contribution is 2.34. The van der Waals surface area contributed by atoms with Gasteiger partial charge >= 0.3 is 6.09 Å². The first-order chi connectivity index (χ1) is 9.78. The lowest BCUT2D eigenvalue weighted by Gasteiger charge is -2.26. The van der Waals surface area contributed by atoms with Crippen molar-refractivity contribution < 1.29 is 9.53 Å². The van der Waals surface area contributed by atoms with Gasteiger partial charge in [0.05, 0.1) is 10.7 Å². The Morgan fingerprint density at radius 3 is 2.62 bits per heavy atom. The molecule has 1 amide bonds. The predicted molar refractivity (Wildman–Crippen MR) is 87.1 cm³/mol. The predicted octanol–water partition coefficient (Wildman–Crippen LogP) is 4.93. The summed E-state index contributed by atoms with van der Waals surface area (Å²) in [5, 5.41) is 7.49. The van der Waals surface area contributed by atoms with Crippen LogP contribution in [0.4, 0.5) is 15.6 Å². The van der Waals surface area contributed by atoms with E-state index in [1.807, 2.05) is 0 Å². The summed E-state index contributed by atoms with van der Waals surface area (Å²) in [6, 6.07) is 6.98. The number of nitrogens with one attached hydrogen (secondary N) is 1. The molecule has 2 rings (SSSR count). The average molecular weight is 344 g/mol. The van der Waals surface area contributed by atoms with E-state index in [2.05, 4.69) is 10.2 Å². The Labute approximate surface area is 136 Å². The summed E-state index contributed by atoms with van der Waals surface area (Å²) in [4.78, 5) is 13.8. The van der Waals surface area contributed by atoms with Crippen molar-refractivity contribution in [3.05, 3.63) is 33.2 Å². The number of H-pyrrole nitrogens is 1. The molecule has 0 bridgehead atoms. The van der Waals surface area contributed by atoms with Crippen LogP contribution in [0.2, 0.25) is 5.02 Å². The standard InChI is InChI=1S/C13H14ClN3O2S2/c1-13(2,3)19-12(18)17(10-15-16-11(20)21-10)9-7-5-4-6-8(9)14/h4-7H,1-3H3,(H,16,20). The monoisotopic (exact) mass is 343 g/mol. The summed E-state index contributed by atoms with van der Waals surface area (Å²) >= 11 is 12.4. The maximum absolute atomic E-state index is 12.5. The van der Waals surface area contributed by atoms with Gasteiger partial charge in [0, 0.05) is 0 Å². The number of para-hydroxylation sites is 1. The van der Waals surface area contributed by atoms with Gasteiger partial charge in [-0.1, -0.05) is 35.1 Å². The van der Waals surface area contributed by atoms with Gasteiger partial charge in [-0.05, 0) is 45.1 Å². The summed E-state index contributed by atoms with van der Waals surface area (Å²) in [5.41, 5.74) is -0.139. The maximum Gasteiger partial charge on any atom is 0.421 e. The molecule has 5 nitrogen and oxygen atoms in total. The zero-order valence-corrected chi connectivity index (χ0v) is 14.1. The second-order valence-electron chi connectivity index (χ2n) is 5.16. The Morgan fingerprint density at radius 1 is 1.43 bits per heavy atom. The van der Waals surface area contributed by atoms with E-state index in [9.17, 15) is 4.79 Å². The number of aromatic nitrogens is 2. The molecule has 0 unspecified atom stereocenters. The molecule has 1 aromatic carbocycles. The fourth-order valence-corrected chi connectivity index (χ4v) is 2.64. The molecule has 2 aromatic rings. The molecule has 1 N–H and O–H groups in total. The van der Waals surface area contributed by atoms with Crippen molar-refractivity contribution >= 4 is 52.1 Å². The van der Waals surface area contributed by atoms with Gasteiger partial charge in [0.2, 0.25) is 5.13 Å². The van der Waals surface area contributed by atoms with Gasteiger partial charge in [-0.25, -0.2) is 9.69 Å². The van der Waals surface area contributed by atoms with Crippen LogP contribution in [-0.4, -0.2) is 21.9 Å². The molecule has 21 heavy (non-hydrogen) atoms. The van der Waals surface area contributed by atoms with Crippen molar-refractivity contribution in [1.82, 2.24) is 10.2 Å². The van der Waals surface area contributed by atoms with Crippen molar-refractivity contribution in [1.29, 1.82) is 0 Å². The highest BCUT2D eigenvalue weighted by Gasteiger charge is 2.28. The van der Waals surface area contributed by atoms with Crippen LogP contribution in [0.1, 0.15) is 20.8 Å². The highest BCUT2D eigenvalue weighted by molar-refractivity contribution is 7.73. The van der Waals surface area contributed by atoms with Crippen LogP contribution in [-0.2, 0) is 4.74 Å². The number of amides is 1. The normalized spacial score (nSPS) is 11.2. The summed E-state index contributed by atoms with van der Waals surface area (Å²) in [5.74, 6) is 0. The molecule has 0 saturated carbocycles. The molecule has 0 aliphatic rings. The van der Waals surface area contributed by atoms with Crippen molar-refractivity contribution in [3.8, 4) is 0 Å². The van der Waals surface area contributed by atoms with Crippen LogP contribution in [0.5, 0.6) is 0 Å². The first-order valence-corrected chi connectivity index (χ1v) is 7.71. The molecule has 0 radical (unpaired) electrons. The number of anilines is 2. The van der Waals surface area contributed by atoms with E-state index in [-0.39, 0.29) is 0 Å². The molecule has 0 saturated heterocycles. The Hall–Kier alpha value is -1.44. The molecule has 1 aromatic heterocycles. The van der Waals surface area contributed by atoms with Crippen LogP contribution >= 0.6 is 35.2 Å². The molecule has 0 spiro atoms. The molecule has 0 atom stereocenters. The first-order valence-electron chi connectivity index (χ1n) is 6.11. The van der Waals surface area contributed by atoms with Gasteiger partial charge in [0.15, 0.2) is 3.95 Å². The van der Waals surface area contributed by atoms with Crippen molar-refractivity contribution in [2.45, 2.75) is 26.4 Å². The van der Waals surface area contributed by atoms with Gasteiger partial charge < -0.3 is 4.74 Å². The molecule has 112 valence electrons. The quantitative estimate of drug-likeness (QED) is 0.785. The van der Waals surface area contributed by atoms with Crippen LogP contribution in [0, 0.1) is 3.95 Å². The largest absolute Gasteiger partial charge is 0.443 e. The fraction of sp³-hybridized carbons (Fsp3) is 0.308. The fourth-order valence-electron chi connectivity index (χ4n) is 1.54. The van der Waals surface area contributed by atoms with Crippen molar-refractivity contribution in [2.24, 2.45) is 0 Å². The van der Waals surface area contributed by atoms with E-state index in [1.54, 1.807) is 45.0 Å². The Bertz CT molecular complexity index is 706. The van der Waals surface area contributed by atoms with Crippen molar-refractivity contribution in [2.75, 3.05) is 4.90 Å². The van der Waals surface area contributed by atoms with Gasteiger partial charge in [-0.2, -0.15) is 0 Å². The summed E-state index contributed by atoms with van der Waals surface area (Å²) in [6.07, 6.45) is -0.562. The lowest BCUT2D eigenvalue weighted by atomic mass is 10.2. The topological polar surface area (TPSA) is 58.2 Å². The average Bonchev–Trinajstić information content (AvgIpc) is 2.76. The first kappa shape index (κ1) is 15.9. The third-order valence-corrected chi connectivity index (χ3v) is 3.68. The molecule has 8 heteroatoms. The third kappa shape index (κ3) is 4.03. The number of aromatic amines is 1. The summed E-state index contributed by atoms with van der Waals surface area (Å²) < 4.78 is 5.88. The number of carbonyl (C=O) groups excluding carboxylic acids is 1. The van der Waals surface area contributed by atoms with Gasteiger partial charge in [-0.15, -0.1) is 5.10 Å². The third-order valence-electron chi connectivity index (χ3n) is 2.29. The van der Waals surface area contributed by atoms with Crippen molar-refractivity contribution in [3.63, 3.8) is 0 Å². The van der Waals surface area contributed by atoms with E-state index in [1.165, 1.54) is 16.2 Å². The minimum absolute atomic E-state index is 0.377. The Balaban J connectivity index is 2.48. The molecule has 0 fully saturated rings. The summed E-state index contributed by atoms with van der Waals surface area (Å²) in [7, 11) is 0. The number of rotatable bonds is 2. The van der Waals surface area contributed by atoms with Gasteiger partial charge in [-0.3, -0.25) is 5.10 Å². The molecule has 0 aliphatic carbocycles. The van der Waals surface area contributed by atoms with Crippen LogP contribution in [0.25, 0.3) is 0 Å². The highest BCUT2D eigenvalue weighted by atomic mass is 35.5. The van der Waals surface area contributed by atoms with Crippen LogP contribution in [0.3, 0.4) is 0 Å². The lowest BCUT2D eigenvalue weighted by molar-refractivity contribution is 0.0599. The molecule has 1 heterocycles. The number of ether oxygens (including phenoxy) is 1. The minimum atomic E-state index is -0.631. The number of carbonyl (C=O) groups is 1. The van der Waals surface area contributed by atoms with Crippen LogP contribution < -0.4 is 4.90 Å². The number of benzene rings is 1. The Kier molecular flexibility index (Phi) is 4.65. The maximum atomic E-state index is 12.5. The zero-order chi connectivity index (χ0) is 15.6. The zero-order valence-electron chi connectivity index (χ0n) is 11.7. The van der Waals surface area contributed by atoms with Gasteiger partial charge in [0.25, 0.3) is 0 Å². The number of hydrogen-bond donors (Lipinski definition) is 1. The SMILES string of the molecule is CC(C)(C)OC(=O)N(c1n[nH]c(=S)s1)c1ccccc1Cl. The smallest absolute Gasteiger partial charge is 0.421 e. The molecular formula is C13H14ClN3O2S2. The number of halogens is 1. The minimum Gasteiger partial charge on any atom is -0.443 e. The van der Waals surface area contributed by atoms with Crippen LogP contribution in [0.15, 0.2) is 24.3 Å². The second-order valence-corrected chi connectivity index (χ2v) is 7.21. The van der Waals surface area contributed by atoms with E-state index in [4.69, 9.17) is 28.6 Å². The lowest BCUT2D eigenvalue weighted by Crippen LogP contribution is -2.34. The summed E-state index contributed by atoms with van der Waals surface area (Å²) in [6.45, 7) is 5.38. The van der Waals surface area contributed by atoms with Gasteiger partial charge in [0.1, 0.15) is 5.60 Å². The second kappa shape index (κ2) is 6.13. The Morgan fingerprint density at radius 2 is 2.10 bits per heavy atom. The molecular weight excluding hydrogens is 330 g/mol. The number of nitrogens with zero attached hydrogens (tertiary/aromatic N) is 2. The molecule has 0 aliphatic heterocycles.